The molecule has 1 atom stereocenters. The van der Waals surface area contributed by atoms with E-state index >= 15 is 0 Å². The second-order valence-electron chi connectivity index (χ2n) is 5.41. The molecule has 0 saturated heterocycles. The molecule has 0 nitrogen and oxygen atoms in total. The third-order valence-electron chi connectivity index (χ3n) is 3.53. The second-order valence-corrected chi connectivity index (χ2v) is 6.76. The fourth-order valence-corrected chi connectivity index (χ4v) is 3.18. The zero-order valence-corrected chi connectivity index (χ0v) is 12.7. The fraction of sp³-hybridized carbons (Fsp3) is 0.467. The molecule has 2 heteroatoms. The minimum atomic E-state index is 0.308. The molecule has 0 fully saturated rings. The molecule has 2 rings (SSSR count). The van der Waals surface area contributed by atoms with Gasteiger partial charge in [0.1, 0.15) is 0 Å². The van der Waals surface area contributed by atoms with E-state index in [4.69, 9.17) is 11.6 Å². The van der Waals surface area contributed by atoms with Gasteiger partial charge in [-0.1, -0.05) is 59.6 Å². The Morgan fingerprint density at radius 3 is 2.53 bits per heavy atom. The van der Waals surface area contributed by atoms with E-state index in [2.05, 4.69) is 48.0 Å². The standard InChI is InChI=1S/C15H18BrCl/c1-15(2)10-4-3-5-13(14(15)16)11-6-8-12(17)9-7-11/h5-9,14H,3-4,10H2,1-2H3. The van der Waals surface area contributed by atoms with Crippen molar-refractivity contribution in [2.24, 2.45) is 5.41 Å². The van der Waals surface area contributed by atoms with Gasteiger partial charge in [-0.05, 0) is 47.9 Å². The van der Waals surface area contributed by atoms with Gasteiger partial charge in [0, 0.05) is 9.85 Å². The third kappa shape index (κ3) is 2.95. The van der Waals surface area contributed by atoms with E-state index in [1.165, 1.54) is 30.4 Å². The zero-order chi connectivity index (χ0) is 12.5. The Hall–Kier alpha value is -0.270. The molecule has 1 aliphatic rings. The van der Waals surface area contributed by atoms with Crippen LogP contribution in [-0.4, -0.2) is 4.83 Å². The van der Waals surface area contributed by atoms with Gasteiger partial charge in [-0.25, -0.2) is 0 Å². The van der Waals surface area contributed by atoms with Gasteiger partial charge in [0.2, 0.25) is 0 Å². The predicted octanol–water partition coefficient (Wildman–Crippen LogP) is 5.70. The highest BCUT2D eigenvalue weighted by Crippen LogP contribution is 2.43. The average molecular weight is 314 g/mol. The number of rotatable bonds is 1. The summed E-state index contributed by atoms with van der Waals surface area (Å²) in [6, 6.07) is 8.17. The van der Waals surface area contributed by atoms with Crippen LogP contribution in [0.25, 0.3) is 5.57 Å². The van der Waals surface area contributed by atoms with E-state index in [9.17, 15) is 0 Å². The molecule has 0 amide bonds. The van der Waals surface area contributed by atoms with E-state index < -0.39 is 0 Å². The number of allylic oxidation sites excluding steroid dienone is 2. The normalized spacial score (nSPS) is 24.0. The molecule has 0 aromatic heterocycles. The highest BCUT2D eigenvalue weighted by molar-refractivity contribution is 9.09. The number of alkyl halides is 1. The molecule has 1 unspecified atom stereocenters. The molecular formula is C15H18BrCl. The molecule has 1 aliphatic carbocycles. The molecule has 1 aromatic carbocycles. The molecule has 0 aliphatic heterocycles. The van der Waals surface area contributed by atoms with Gasteiger partial charge in [-0.15, -0.1) is 0 Å². The summed E-state index contributed by atoms with van der Waals surface area (Å²) < 4.78 is 0. The number of halogens is 2. The van der Waals surface area contributed by atoms with Crippen LogP contribution >= 0.6 is 27.5 Å². The van der Waals surface area contributed by atoms with Gasteiger partial charge in [-0.2, -0.15) is 0 Å². The van der Waals surface area contributed by atoms with Crippen LogP contribution in [0.15, 0.2) is 30.3 Å². The highest BCUT2D eigenvalue weighted by atomic mass is 79.9. The Bertz CT molecular complexity index is 417. The van der Waals surface area contributed by atoms with Crippen LogP contribution in [0.3, 0.4) is 0 Å². The van der Waals surface area contributed by atoms with E-state index in [1.54, 1.807) is 0 Å². The summed E-state index contributed by atoms with van der Waals surface area (Å²) in [5.41, 5.74) is 3.00. The quantitative estimate of drug-likeness (QED) is 0.584. The van der Waals surface area contributed by atoms with Crippen LogP contribution in [0.4, 0.5) is 0 Å². The lowest BCUT2D eigenvalue weighted by molar-refractivity contribution is 0.354. The fourth-order valence-electron chi connectivity index (χ4n) is 2.37. The smallest absolute Gasteiger partial charge is 0.0449 e. The summed E-state index contributed by atoms with van der Waals surface area (Å²) in [6.07, 6.45) is 6.07. The summed E-state index contributed by atoms with van der Waals surface area (Å²) in [7, 11) is 0. The average Bonchev–Trinajstić information content (AvgIpc) is 2.41. The van der Waals surface area contributed by atoms with Crippen LogP contribution in [0.2, 0.25) is 5.02 Å². The number of hydrogen-bond acceptors (Lipinski definition) is 0. The maximum atomic E-state index is 5.94. The molecule has 0 radical (unpaired) electrons. The first kappa shape index (κ1) is 13.2. The van der Waals surface area contributed by atoms with E-state index in [1.807, 2.05) is 12.1 Å². The molecular weight excluding hydrogens is 296 g/mol. The largest absolute Gasteiger partial charge is 0.0843 e. The summed E-state index contributed by atoms with van der Waals surface area (Å²) in [4.78, 5) is 0.415. The van der Waals surface area contributed by atoms with Crippen molar-refractivity contribution in [2.75, 3.05) is 0 Å². The highest BCUT2D eigenvalue weighted by Gasteiger charge is 2.31. The lowest BCUT2D eigenvalue weighted by Crippen LogP contribution is -2.24. The Balaban J connectivity index is 2.35. The van der Waals surface area contributed by atoms with Crippen LogP contribution in [0.5, 0.6) is 0 Å². The molecule has 17 heavy (non-hydrogen) atoms. The van der Waals surface area contributed by atoms with E-state index in [0.717, 1.165) is 5.02 Å². The van der Waals surface area contributed by atoms with Gasteiger partial charge < -0.3 is 0 Å². The summed E-state index contributed by atoms with van der Waals surface area (Å²) >= 11 is 9.82. The van der Waals surface area contributed by atoms with Crippen molar-refractivity contribution in [2.45, 2.75) is 37.9 Å². The summed E-state index contributed by atoms with van der Waals surface area (Å²) in [5, 5.41) is 0.799. The Kier molecular flexibility index (Phi) is 3.99. The van der Waals surface area contributed by atoms with Crippen LogP contribution in [0, 0.1) is 5.41 Å². The van der Waals surface area contributed by atoms with Gasteiger partial charge in [0.25, 0.3) is 0 Å². The van der Waals surface area contributed by atoms with E-state index in [0.29, 0.717) is 10.2 Å². The van der Waals surface area contributed by atoms with Gasteiger partial charge in [0.15, 0.2) is 0 Å². The first-order chi connectivity index (χ1) is 8.00. The van der Waals surface area contributed by atoms with Crippen LogP contribution < -0.4 is 0 Å². The maximum absolute atomic E-state index is 5.94. The summed E-state index contributed by atoms with van der Waals surface area (Å²) in [5.74, 6) is 0. The van der Waals surface area contributed by atoms with Gasteiger partial charge in [0.05, 0.1) is 0 Å². The van der Waals surface area contributed by atoms with Crippen molar-refractivity contribution in [3.05, 3.63) is 40.9 Å². The lowest BCUT2D eigenvalue weighted by Gasteiger charge is -2.30. The third-order valence-corrected chi connectivity index (χ3v) is 5.51. The summed E-state index contributed by atoms with van der Waals surface area (Å²) in [6.45, 7) is 4.67. The minimum Gasteiger partial charge on any atom is -0.0843 e. The molecule has 0 saturated carbocycles. The second kappa shape index (κ2) is 5.16. The van der Waals surface area contributed by atoms with Crippen molar-refractivity contribution < 1.29 is 0 Å². The SMILES string of the molecule is CC1(C)CCCC=C(c2ccc(Cl)cc2)C1Br. The molecule has 0 N–H and O–H groups in total. The lowest BCUT2D eigenvalue weighted by atomic mass is 9.81. The van der Waals surface area contributed by atoms with Crippen molar-refractivity contribution in [1.82, 2.24) is 0 Å². The van der Waals surface area contributed by atoms with Gasteiger partial charge in [-0.3, -0.25) is 0 Å². The van der Waals surface area contributed by atoms with Crippen LogP contribution in [-0.2, 0) is 0 Å². The van der Waals surface area contributed by atoms with Crippen LogP contribution in [0.1, 0.15) is 38.7 Å². The van der Waals surface area contributed by atoms with Crippen molar-refractivity contribution in [1.29, 1.82) is 0 Å². The minimum absolute atomic E-state index is 0.308. The monoisotopic (exact) mass is 312 g/mol. The van der Waals surface area contributed by atoms with Crippen molar-refractivity contribution in [3.63, 3.8) is 0 Å². The zero-order valence-electron chi connectivity index (χ0n) is 10.3. The van der Waals surface area contributed by atoms with Crippen molar-refractivity contribution in [3.8, 4) is 0 Å². The number of hydrogen-bond donors (Lipinski definition) is 0. The molecule has 0 bridgehead atoms. The first-order valence-electron chi connectivity index (χ1n) is 6.11. The molecule has 1 aromatic rings. The van der Waals surface area contributed by atoms with Gasteiger partial charge >= 0.3 is 0 Å². The number of benzene rings is 1. The molecule has 92 valence electrons. The Labute approximate surface area is 117 Å². The Morgan fingerprint density at radius 2 is 1.88 bits per heavy atom. The van der Waals surface area contributed by atoms with Crippen molar-refractivity contribution >= 4 is 33.1 Å². The first-order valence-corrected chi connectivity index (χ1v) is 7.40. The van der Waals surface area contributed by atoms with E-state index in [-0.39, 0.29) is 0 Å². The Morgan fingerprint density at radius 1 is 1.24 bits per heavy atom. The molecule has 0 spiro atoms. The molecule has 0 heterocycles. The maximum Gasteiger partial charge on any atom is 0.0449 e. The topological polar surface area (TPSA) is 0 Å². The predicted molar refractivity (Wildman–Crippen MR) is 79.8 cm³/mol.